The van der Waals surface area contributed by atoms with Crippen LogP contribution in [0.25, 0.3) is 0 Å². The highest BCUT2D eigenvalue weighted by atomic mass is 32.2. The fourth-order valence-electron chi connectivity index (χ4n) is 2.29. The van der Waals surface area contributed by atoms with Crippen molar-refractivity contribution in [2.45, 2.75) is 10.3 Å². The molecule has 2 heterocycles. The van der Waals surface area contributed by atoms with Crippen molar-refractivity contribution >= 4 is 34.9 Å². The quantitative estimate of drug-likeness (QED) is 0.357. The van der Waals surface area contributed by atoms with Gasteiger partial charge in [0.25, 0.3) is 5.69 Å². The van der Waals surface area contributed by atoms with E-state index in [0.29, 0.717) is 22.1 Å². The Morgan fingerprint density at radius 1 is 1.11 bits per heavy atom. The molecule has 0 aliphatic heterocycles. The molecule has 0 saturated carbocycles. The Balaban J connectivity index is 1.85. The molecule has 1 aromatic carbocycles. The highest BCUT2D eigenvalue weighted by Gasteiger charge is 2.23. The molecule has 2 aromatic heterocycles. The van der Waals surface area contributed by atoms with Gasteiger partial charge in [-0.25, -0.2) is 9.97 Å². The van der Waals surface area contributed by atoms with E-state index < -0.39 is 16.1 Å². The number of nitro groups is 1. The van der Waals surface area contributed by atoms with E-state index in [1.807, 2.05) is 6.07 Å². The van der Waals surface area contributed by atoms with Crippen LogP contribution >= 0.6 is 11.8 Å². The summed E-state index contributed by atoms with van der Waals surface area (Å²) in [5.41, 5.74) is 1.10. The number of hydrogen-bond donors (Lipinski definition) is 2. The van der Waals surface area contributed by atoms with Crippen LogP contribution in [0.1, 0.15) is 10.8 Å². The van der Waals surface area contributed by atoms with Crippen LogP contribution in [0, 0.1) is 10.1 Å². The zero-order valence-corrected chi connectivity index (χ0v) is 14.7. The Hall–Kier alpha value is -3.46. The van der Waals surface area contributed by atoms with Crippen LogP contribution in [-0.2, 0) is 4.79 Å². The summed E-state index contributed by atoms with van der Waals surface area (Å²) >= 11 is 1.09. The normalized spacial score (nSPS) is 11.6. The molecule has 0 unspecified atom stereocenters. The van der Waals surface area contributed by atoms with Gasteiger partial charge in [0.15, 0.2) is 0 Å². The lowest BCUT2D eigenvalue weighted by Crippen LogP contribution is -2.08. The predicted molar refractivity (Wildman–Crippen MR) is 101 cm³/mol. The number of carbonyl (C=O) groups is 1. The van der Waals surface area contributed by atoms with Gasteiger partial charge in [-0.2, -0.15) is 0 Å². The van der Waals surface area contributed by atoms with Crippen LogP contribution in [0.3, 0.4) is 0 Å². The van der Waals surface area contributed by atoms with Crippen molar-refractivity contribution in [2.24, 2.45) is 0 Å². The van der Waals surface area contributed by atoms with Crippen molar-refractivity contribution in [1.82, 2.24) is 9.97 Å². The monoisotopic (exact) mass is 382 g/mol. The minimum Gasteiger partial charge on any atom is -0.480 e. The maximum Gasteiger partial charge on any atom is 0.321 e. The molecule has 8 nitrogen and oxygen atoms in total. The van der Waals surface area contributed by atoms with Gasteiger partial charge < -0.3 is 10.4 Å². The van der Waals surface area contributed by atoms with E-state index in [2.05, 4.69) is 15.3 Å². The van der Waals surface area contributed by atoms with Crippen LogP contribution in [0.15, 0.2) is 72.0 Å². The van der Waals surface area contributed by atoms with Crippen LogP contribution in [-0.4, -0.2) is 26.0 Å². The summed E-state index contributed by atoms with van der Waals surface area (Å²) in [7, 11) is 0. The number of benzene rings is 1. The molecule has 0 fully saturated rings. The number of hydrogen-bond acceptors (Lipinski definition) is 7. The third-order valence-electron chi connectivity index (χ3n) is 3.55. The Bertz CT molecular complexity index is 951. The lowest BCUT2D eigenvalue weighted by atomic mass is 10.1. The van der Waals surface area contributed by atoms with E-state index in [-0.39, 0.29) is 5.69 Å². The topological polar surface area (TPSA) is 118 Å². The third-order valence-corrected chi connectivity index (χ3v) is 4.81. The number of nitrogens with zero attached hydrogens (tertiary/aromatic N) is 3. The van der Waals surface area contributed by atoms with E-state index in [0.717, 1.165) is 18.0 Å². The van der Waals surface area contributed by atoms with Gasteiger partial charge in [0.05, 0.1) is 10.6 Å². The van der Waals surface area contributed by atoms with Crippen LogP contribution in [0.2, 0.25) is 0 Å². The Morgan fingerprint density at radius 3 is 2.52 bits per heavy atom. The first-order chi connectivity index (χ1) is 13.0. The van der Waals surface area contributed by atoms with Crippen molar-refractivity contribution in [3.63, 3.8) is 0 Å². The standard InChI is InChI=1S/C18H14N4O4S/c23-18(24)16(12-5-2-1-3-6-12)27-17-14(7-4-10-19-17)21-15-9-8-13(11-20-15)22(25)26/h1-11,16H,(H,20,21)(H,23,24)/t16-/m1/s1. The van der Waals surface area contributed by atoms with Crippen molar-refractivity contribution < 1.29 is 14.8 Å². The maximum atomic E-state index is 11.7. The van der Waals surface area contributed by atoms with Crippen molar-refractivity contribution in [1.29, 1.82) is 0 Å². The zero-order valence-electron chi connectivity index (χ0n) is 13.9. The molecule has 3 rings (SSSR count). The number of carboxylic acid groups (broad SMARTS) is 1. The molecular weight excluding hydrogens is 368 g/mol. The van der Waals surface area contributed by atoms with Gasteiger partial charge in [0.1, 0.15) is 22.3 Å². The zero-order chi connectivity index (χ0) is 19.2. The number of carboxylic acids is 1. The fourth-order valence-corrected chi connectivity index (χ4v) is 3.27. The lowest BCUT2D eigenvalue weighted by Gasteiger charge is -2.15. The number of rotatable bonds is 7. The number of aromatic nitrogens is 2. The second kappa shape index (κ2) is 8.28. The van der Waals surface area contributed by atoms with Gasteiger partial charge in [-0.05, 0) is 23.8 Å². The molecule has 27 heavy (non-hydrogen) atoms. The largest absolute Gasteiger partial charge is 0.480 e. The van der Waals surface area contributed by atoms with E-state index in [1.54, 1.807) is 42.6 Å². The Labute approximate surface area is 158 Å². The van der Waals surface area contributed by atoms with E-state index in [4.69, 9.17) is 0 Å². The number of anilines is 2. The molecule has 0 aliphatic carbocycles. The third kappa shape index (κ3) is 4.59. The van der Waals surface area contributed by atoms with Crippen molar-refractivity contribution in [3.05, 3.63) is 82.7 Å². The molecule has 2 N–H and O–H groups in total. The molecule has 3 aromatic rings. The summed E-state index contributed by atoms with van der Waals surface area (Å²) in [5, 5.41) is 23.0. The minimum absolute atomic E-state index is 0.114. The van der Waals surface area contributed by atoms with Crippen LogP contribution < -0.4 is 5.32 Å². The van der Waals surface area contributed by atoms with E-state index in [9.17, 15) is 20.0 Å². The SMILES string of the molecule is O=C(O)[C@H](Sc1ncccc1Nc1ccc([N+](=O)[O-])cn1)c1ccccc1. The Morgan fingerprint density at radius 2 is 1.89 bits per heavy atom. The second-order valence-corrected chi connectivity index (χ2v) is 6.48. The molecule has 0 saturated heterocycles. The van der Waals surface area contributed by atoms with Gasteiger partial charge in [0.2, 0.25) is 0 Å². The summed E-state index contributed by atoms with van der Waals surface area (Å²) in [6, 6.07) is 15.1. The first kappa shape index (κ1) is 18.3. The molecular formula is C18H14N4O4S. The molecule has 0 spiro atoms. The number of nitrogens with one attached hydrogen (secondary N) is 1. The molecule has 0 amide bonds. The molecule has 136 valence electrons. The average Bonchev–Trinajstić information content (AvgIpc) is 2.68. The van der Waals surface area contributed by atoms with Gasteiger partial charge in [-0.3, -0.25) is 14.9 Å². The molecule has 0 bridgehead atoms. The molecule has 0 radical (unpaired) electrons. The minimum atomic E-state index is -0.976. The molecule has 9 heteroatoms. The molecule has 1 atom stereocenters. The fraction of sp³-hybridized carbons (Fsp3) is 0.0556. The van der Waals surface area contributed by atoms with Crippen molar-refractivity contribution in [3.8, 4) is 0 Å². The summed E-state index contributed by atoms with van der Waals surface area (Å²) < 4.78 is 0. The first-order valence-corrected chi connectivity index (χ1v) is 8.69. The van der Waals surface area contributed by atoms with Gasteiger partial charge in [-0.1, -0.05) is 42.1 Å². The highest BCUT2D eigenvalue weighted by Crippen LogP contribution is 2.38. The van der Waals surface area contributed by atoms with Crippen LogP contribution in [0.4, 0.5) is 17.2 Å². The molecule has 0 aliphatic rings. The summed E-state index contributed by atoms with van der Waals surface area (Å²) in [6.45, 7) is 0. The lowest BCUT2D eigenvalue weighted by molar-refractivity contribution is -0.385. The summed E-state index contributed by atoms with van der Waals surface area (Å²) in [5.74, 6) is -0.585. The van der Waals surface area contributed by atoms with Crippen LogP contribution in [0.5, 0.6) is 0 Å². The average molecular weight is 382 g/mol. The summed E-state index contributed by atoms with van der Waals surface area (Å²) in [6.07, 6.45) is 2.72. The smallest absolute Gasteiger partial charge is 0.321 e. The number of thioether (sulfide) groups is 1. The highest BCUT2D eigenvalue weighted by molar-refractivity contribution is 8.00. The predicted octanol–water partition coefficient (Wildman–Crippen LogP) is 4.05. The van der Waals surface area contributed by atoms with Gasteiger partial charge in [0, 0.05) is 12.3 Å². The Kier molecular flexibility index (Phi) is 5.62. The van der Waals surface area contributed by atoms with Gasteiger partial charge >= 0.3 is 5.97 Å². The van der Waals surface area contributed by atoms with Gasteiger partial charge in [-0.15, -0.1) is 0 Å². The van der Waals surface area contributed by atoms with E-state index in [1.165, 1.54) is 12.1 Å². The van der Waals surface area contributed by atoms with E-state index >= 15 is 0 Å². The van der Waals surface area contributed by atoms with Crippen molar-refractivity contribution in [2.75, 3.05) is 5.32 Å². The summed E-state index contributed by atoms with van der Waals surface area (Å²) in [4.78, 5) is 30.2. The maximum absolute atomic E-state index is 11.7. The second-order valence-electron chi connectivity index (χ2n) is 5.39. The first-order valence-electron chi connectivity index (χ1n) is 7.81. The number of pyridine rings is 2. The number of aliphatic carboxylic acids is 1.